The summed E-state index contributed by atoms with van der Waals surface area (Å²) in [5.41, 5.74) is 3.25. The molecule has 0 N–H and O–H groups in total. The third-order valence-electron chi connectivity index (χ3n) is 2.98. The molecule has 1 aromatic carbocycles. The molecule has 0 aliphatic heterocycles. The lowest BCUT2D eigenvalue weighted by atomic mass is 10.2. The minimum absolute atomic E-state index is 0.456. The Labute approximate surface area is 114 Å². The molecule has 0 spiro atoms. The first-order chi connectivity index (χ1) is 9.16. The summed E-state index contributed by atoms with van der Waals surface area (Å²) >= 11 is 5.44. The highest BCUT2D eigenvalue weighted by Gasteiger charge is 2.09. The second-order valence-electron chi connectivity index (χ2n) is 4.18. The van der Waals surface area contributed by atoms with Gasteiger partial charge in [0.15, 0.2) is 0 Å². The van der Waals surface area contributed by atoms with Crippen LogP contribution < -0.4 is 0 Å². The van der Waals surface area contributed by atoms with Crippen LogP contribution in [0.5, 0.6) is 0 Å². The summed E-state index contributed by atoms with van der Waals surface area (Å²) in [5, 5.41) is -0.456. The number of rotatable bonds is 2. The van der Waals surface area contributed by atoms with E-state index >= 15 is 0 Å². The Kier molecular flexibility index (Phi) is 2.80. The lowest BCUT2D eigenvalue weighted by molar-refractivity contribution is 0.108. The van der Waals surface area contributed by atoms with Gasteiger partial charge in [-0.1, -0.05) is 0 Å². The zero-order chi connectivity index (χ0) is 13.4. The van der Waals surface area contributed by atoms with Crippen molar-refractivity contribution >= 4 is 27.9 Å². The van der Waals surface area contributed by atoms with Crippen LogP contribution >= 0.6 is 11.6 Å². The van der Waals surface area contributed by atoms with E-state index in [0.717, 1.165) is 22.5 Å². The van der Waals surface area contributed by atoms with Gasteiger partial charge in [-0.3, -0.25) is 14.3 Å². The molecule has 0 bridgehead atoms. The van der Waals surface area contributed by atoms with Gasteiger partial charge in [-0.15, -0.1) is 0 Å². The molecule has 5 heteroatoms. The van der Waals surface area contributed by atoms with Gasteiger partial charge in [-0.05, 0) is 48.9 Å². The summed E-state index contributed by atoms with van der Waals surface area (Å²) in [6, 6.07) is 9.03. The molecule has 0 atom stereocenters. The molecule has 0 fully saturated rings. The smallest absolute Gasteiger partial charge is 0.252 e. The van der Waals surface area contributed by atoms with Crippen LogP contribution in [0.3, 0.4) is 0 Å². The second-order valence-corrected chi connectivity index (χ2v) is 4.52. The van der Waals surface area contributed by atoms with E-state index in [9.17, 15) is 4.79 Å². The van der Waals surface area contributed by atoms with Crippen molar-refractivity contribution in [3.63, 3.8) is 0 Å². The SMILES string of the molecule is Cc1nc2cnccc2n1-c1ccc(C(=O)Cl)cc1. The Hall–Kier alpha value is -2.20. The lowest BCUT2D eigenvalue weighted by Crippen LogP contribution is -1.98. The predicted molar refractivity (Wildman–Crippen MR) is 73.8 cm³/mol. The van der Waals surface area contributed by atoms with Gasteiger partial charge in [0, 0.05) is 17.4 Å². The Balaban J connectivity index is 2.18. The zero-order valence-corrected chi connectivity index (χ0v) is 10.9. The van der Waals surface area contributed by atoms with Crippen LogP contribution in [0, 0.1) is 6.92 Å². The maximum Gasteiger partial charge on any atom is 0.252 e. The number of imidazole rings is 1. The molecule has 0 amide bonds. The third-order valence-corrected chi connectivity index (χ3v) is 3.20. The topological polar surface area (TPSA) is 47.8 Å². The van der Waals surface area contributed by atoms with Crippen LogP contribution in [0.4, 0.5) is 0 Å². The number of aromatic nitrogens is 3. The summed E-state index contributed by atoms with van der Waals surface area (Å²) in [6.07, 6.45) is 3.46. The van der Waals surface area contributed by atoms with Crippen LogP contribution in [0.25, 0.3) is 16.7 Å². The maximum atomic E-state index is 11.1. The number of fused-ring (bicyclic) bond motifs is 1. The normalized spacial score (nSPS) is 10.8. The third kappa shape index (κ3) is 2.00. The zero-order valence-electron chi connectivity index (χ0n) is 10.2. The highest BCUT2D eigenvalue weighted by atomic mass is 35.5. The van der Waals surface area contributed by atoms with Gasteiger partial charge in [0.1, 0.15) is 11.3 Å². The second kappa shape index (κ2) is 4.48. The van der Waals surface area contributed by atoms with Gasteiger partial charge in [-0.25, -0.2) is 4.98 Å². The fourth-order valence-electron chi connectivity index (χ4n) is 2.12. The molecule has 0 unspecified atom stereocenters. The van der Waals surface area contributed by atoms with Gasteiger partial charge in [0.25, 0.3) is 5.24 Å². The number of halogens is 1. The fourth-order valence-corrected chi connectivity index (χ4v) is 2.25. The van der Waals surface area contributed by atoms with Crippen molar-refractivity contribution in [2.45, 2.75) is 6.92 Å². The van der Waals surface area contributed by atoms with E-state index in [1.807, 2.05) is 29.7 Å². The molecule has 0 radical (unpaired) electrons. The predicted octanol–water partition coefficient (Wildman–Crippen LogP) is 3.11. The first-order valence-corrected chi connectivity index (χ1v) is 6.14. The van der Waals surface area contributed by atoms with Crippen molar-refractivity contribution in [1.29, 1.82) is 0 Å². The minimum Gasteiger partial charge on any atom is -0.296 e. The Morgan fingerprint density at radius 2 is 1.95 bits per heavy atom. The van der Waals surface area contributed by atoms with Crippen molar-refractivity contribution in [2.24, 2.45) is 0 Å². The van der Waals surface area contributed by atoms with Crippen molar-refractivity contribution in [1.82, 2.24) is 14.5 Å². The van der Waals surface area contributed by atoms with Crippen LogP contribution in [0.15, 0.2) is 42.7 Å². The largest absolute Gasteiger partial charge is 0.296 e. The molecule has 19 heavy (non-hydrogen) atoms. The molecular weight excluding hydrogens is 262 g/mol. The van der Waals surface area contributed by atoms with E-state index in [4.69, 9.17) is 11.6 Å². The van der Waals surface area contributed by atoms with Crippen LogP contribution in [0.1, 0.15) is 16.2 Å². The molecule has 0 saturated heterocycles. The number of carbonyl (C=O) groups is 1. The summed E-state index contributed by atoms with van der Waals surface area (Å²) in [4.78, 5) is 19.6. The van der Waals surface area contributed by atoms with E-state index in [2.05, 4.69) is 9.97 Å². The summed E-state index contributed by atoms with van der Waals surface area (Å²) in [6.45, 7) is 1.93. The first kappa shape index (κ1) is 11.9. The summed E-state index contributed by atoms with van der Waals surface area (Å²) in [7, 11) is 0. The van der Waals surface area contributed by atoms with Gasteiger partial charge in [0.05, 0.1) is 11.7 Å². The number of aryl methyl sites for hydroxylation is 1. The fraction of sp³-hybridized carbons (Fsp3) is 0.0714. The molecule has 0 saturated carbocycles. The maximum absolute atomic E-state index is 11.1. The number of hydrogen-bond donors (Lipinski definition) is 0. The van der Waals surface area contributed by atoms with E-state index in [1.165, 1.54) is 0 Å². The highest BCUT2D eigenvalue weighted by Crippen LogP contribution is 2.20. The van der Waals surface area contributed by atoms with Gasteiger partial charge in [-0.2, -0.15) is 0 Å². The van der Waals surface area contributed by atoms with E-state index in [-0.39, 0.29) is 0 Å². The molecule has 0 aliphatic carbocycles. The molecule has 2 aromatic heterocycles. The van der Waals surface area contributed by atoms with Crippen LogP contribution in [-0.4, -0.2) is 19.8 Å². The van der Waals surface area contributed by atoms with Crippen molar-refractivity contribution in [2.75, 3.05) is 0 Å². The number of benzene rings is 1. The van der Waals surface area contributed by atoms with Crippen molar-refractivity contribution in [3.8, 4) is 5.69 Å². The molecule has 2 heterocycles. The Morgan fingerprint density at radius 3 is 2.63 bits per heavy atom. The molecule has 0 aliphatic rings. The van der Waals surface area contributed by atoms with Gasteiger partial charge < -0.3 is 0 Å². The number of nitrogens with zero attached hydrogens (tertiary/aromatic N) is 3. The van der Waals surface area contributed by atoms with Gasteiger partial charge in [0.2, 0.25) is 0 Å². The number of pyridine rings is 1. The standard InChI is InChI=1S/C14H10ClN3O/c1-9-17-12-8-16-7-6-13(12)18(9)11-4-2-10(3-5-11)14(15)19/h2-8H,1H3. The van der Waals surface area contributed by atoms with Crippen molar-refractivity contribution < 1.29 is 4.79 Å². The van der Waals surface area contributed by atoms with Gasteiger partial charge >= 0.3 is 0 Å². The Morgan fingerprint density at radius 1 is 1.21 bits per heavy atom. The average molecular weight is 272 g/mol. The summed E-state index contributed by atoms with van der Waals surface area (Å²) in [5.74, 6) is 0.868. The molecule has 3 rings (SSSR count). The minimum atomic E-state index is -0.456. The molecule has 3 aromatic rings. The summed E-state index contributed by atoms with van der Waals surface area (Å²) < 4.78 is 2.01. The van der Waals surface area contributed by atoms with Crippen molar-refractivity contribution in [3.05, 3.63) is 54.1 Å². The lowest BCUT2D eigenvalue weighted by Gasteiger charge is -2.07. The average Bonchev–Trinajstić information content (AvgIpc) is 2.74. The van der Waals surface area contributed by atoms with E-state index in [1.54, 1.807) is 24.5 Å². The molecule has 4 nitrogen and oxygen atoms in total. The monoisotopic (exact) mass is 271 g/mol. The van der Waals surface area contributed by atoms with Crippen LogP contribution in [-0.2, 0) is 0 Å². The quantitative estimate of drug-likeness (QED) is 0.673. The first-order valence-electron chi connectivity index (χ1n) is 5.76. The van der Waals surface area contributed by atoms with E-state index < -0.39 is 5.24 Å². The Bertz CT molecular complexity index is 762. The van der Waals surface area contributed by atoms with E-state index in [0.29, 0.717) is 5.56 Å². The van der Waals surface area contributed by atoms with Crippen LogP contribution in [0.2, 0.25) is 0 Å². The highest BCUT2D eigenvalue weighted by molar-refractivity contribution is 6.67. The number of carbonyl (C=O) groups excluding carboxylic acids is 1. The molecular formula is C14H10ClN3O. The number of hydrogen-bond acceptors (Lipinski definition) is 3. The molecule has 94 valence electrons.